The van der Waals surface area contributed by atoms with Gasteiger partial charge in [0.05, 0.1) is 28.5 Å². The molecular formula is C19H24N6O3S. The lowest BCUT2D eigenvalue weighted by Gasteiger charge is -2.33. The quantitative estimate of drug-likeness (QED) is 0.653. The fourth-order valence-electron chi connectivity index (χ4n) is 3.89. The van der Waals surface area contributed by atoms with Crippen molar-refractivity contribution < 1.29 is 13.4 Å². The third kappa shape index (κ3) is 3.31. The number of hydrogen-bond acceptors (Lipinski definition) is 7. The minimum atomic E-state index is -1.37. The van der Waals surface area contributed by atoms with Crippen LogP contribution in [0.4, 0.5) is 5.69 Å². The normalized spacial score (nSPS) is 22.1. The zero-order valence-corrected chi connectivity index (χ0v) is 17.6. The molecule has 0 aliphatic heterocycles. The molecule has 0 spiro atoms. The zero-order valence-electron chi connectivity index (χ0n) is 16.8. The van der Waals surface area contributed by atoms with Gasteiger partial charge in [0.15, 0.2) is 0 Å². The van der Waals surface area contributed by atoms with Gasteiger partial charge in [-0.2, -0.15) is 5.10 Å². The molecule has 1 saturated carbocycles. The number of nitrogens with zero attached hydrogens (tertiary/aromatic N) is 4. The number of anilines is 1. The molecule has 0 aromatic carbocycles. The molecule has 1 fully saturated rings. The predicted octanol–water partition coefficient (Wildman–Crippen LogP) is 2.46. The monoisotopic (exact) mass is 416 g/mol. The van der Waals surface area contributed by atoms with Crippen molar-refractivity contribution in [1.29, 1.82) is 0 Å². The Labute approximate surface area is 170 Å². The first-order chi connectivity index (χ1) is 13.7. The highest BCUT2D eigenvalue weighted by Crippen LogP contribution is 2.44. The van der Waals surface area contributed by atoms with E-state index >= 15 is 0 Å². The van der Waals surface area contributed by atoms with Crippen LogP contribution in [-0.2, 0) is 10.8 Å². The summed E-state index contributed by atoms with van der Waals surface area (Å²) in [6.45, 7) is 6.72. The first kappa shape index (κ1) is 19.6. The van der Waals surface area contributed by atoms with Crippen LogP contribution in [0.15, 0.2) is 28.1 Å². The molecule has 0 bridgehead atoms. The molecule has 3 unspecified atom stereocenters. The Morgan fingerprint density at radius 1 is 1.38 bits per heavy atom. The number of amides is 1. The largest absolute Gasteiger partial charge is 0.409 e. The van der Waals surface area contributed by atoms with Gasteiger partial charge in [-0.25, -0.2) is 8.72 Å². The third-order valence-corrected chi connectivity index (χ3v) is 6.83. The Morgan fingerprint density at radius 3 is 2.72 bits per heavy atom. The van der Waals surface area contributed by atoms with E-state index in [2.05, 4.69) is 41.4 Å². The highest BCUT2D eigenvalue weighted by Gasteiger charge is 2.41. The number of rotatable bonds is 5. The second kappa shape index (κ2) is 6.94. The summed E-state index contributed by atoms with van der Waals surface area (Å²) in [5, 5.41) is 15.7. The molecule has 1 amide bonds. The first-order valence-corrected chi connectivity index (χ1v) is 11.0. The van der Waals surface area contributed by atoms with E-state index in [4.69, 9.17) is 10.2 Å². The summed E-state index contributed by atoms with van der Waals surface area (Å²) < 4.78 is 18.7. The number of carbonyl (C=O) groups excluding carboxylic acids is 1. The maximum atomic E-state index is 12.1. The maximum Gasteiger partial charge on any atom is 0.307 e. The second-order valence-corrected chi connectivity index (χ2v) is 9.44. The van der Waals surface area contributed by atoms with Crippen molar-refractivity contribution in [1.82, 2.24) is 19.8 Å². The Morgan fingerprint density at radius 2 is 2.14 bits per heavy atom. The minimum absolute atomic E-state index is 0.0566. The first-order valence-electron chi connectivity index (χ1n) is 9.43. The average Bonchev–Trinajstić information content (AvgIpc) is 3.35. The van der Waals surface area contributed by atoms with Crippen molar-refractivity contribution in [2.75, 3.05) is 11.6 Å². The van der Waals surface area contributed by atoms with Gasteiger partial charge in [0.2, 0.25) is 5.89 Å². The van der Waals surface area contributed by atoms with Gasteiger partial charge in [-0.3, -0.25) is 4.79 Å². The number of nitrogens with two attached hydrogens (primary N) is 1. The molecule has 9 nitrogen and oxygen atoms in total. The van der Waals surface area contributed by atoms with Gasteiger partial charge in [-0.05, 0) is 30.2 Å². The number of carbonyl (C=O) groups is 1. The van der Waals surface area contributed by atoms with E-state index in [-0.39, 0.29) is 22.6 Å². The Kier molecular flexibility index (Phi) is 4.68. The molecule has 3 aromatic rings. The highest BCUT2D eigenvalue weighted by molar-refractivity contribution is 7.84. The predicted molar refractivity (Wildman–Crippen MR) is 109 cm³/mol. The van der Waals surface area contributed by atoms with Crippen LogP contribution in [0.2, 0.25) is 0 Å². The third-order valence-electron chi connectivity index (χ3n) is 6.18. The summed E-state index contributed by atoms with van der Waals surface area (Å²) in [6.07, 6.45) is 6.78. The number of aromatic nitrogens is 4. The highest BCUT2D eigenvalue weighted by atomic mass is 32.2. The average molecular weight is 417 g/mol. The minimum Gasteiger partial charge on any atom is -0.409 e. The zero-order chi connectivity index (χ0) is 20.9. The summed E-state index contributed by atoms with van der Waals surface area (Å²) in [5.41, 5.74) is 7.97. The molecule has 3 N–H and O–H groups in total. The van der Waals surface area contributed by atoms with E-state index in [9.17, 15) is 9.00 Å². The Hall–Kier alpha value is -2.75. The van der Waals surface area contributed by atoms with Gasteiger partial charge < -0.3 is 15.5 Å². The van der Waals surface area contributed by atoms with E-state index in [0.29, 0.717) is 28.2 Å². The van der Waals surface area contributed by atoms with Gasteiger partial charge in [0.25, 0.3) is 5.91 Å². The smallest absolute Gasteiger partial charge is 0.307 e. The summed E-state index contributed by atoms with van der Waals surface area (Å²) >= 11 is 0. The molecule has 0 saturated heterocycles. The molecule has 0 radical (unpaired) electrons. The lowest BCUT2D eigenvalue weighted by Crippen LogP contribution is -2.35. The van der Waals surface area contributed by atoms with Crippen molar-refractivity contribution in [3.63, 3.8) is 0 Å². The van der Waals surface area contributed by atoms with E-state index < -0.39 is 16.7 Å². The van der Waals surface area contributed by atoms with Crippen LogP contribution in [0.3, 0.4) is 0 Å². The lowest BCUT2D eigenvalue weighted by molar-refractivity contribution is 0.100. The molecule has 3 aromatic heterocycles. The van der Waals surface area contributed by atoms with Crippen LogP contribution in [0.1, 0.15) is 44.0 Å². The Bertz CT molecular complexity index is 1120. The number of nitrogens with one attached hydrogen (secondary N) is 1. The second-order valence-electron chi connectivity index (χ2n) is 8.18. The van der Waals surface area contributed by atoms with Crippen LogP contribution >= 0.6 is 0 Å². The SMILES string of the molecule is CC1CCC(Nc2c(C(N)=O)cnn3cc(-c4nnc(S(C)=O)o4)cc23)C1(C)C. The molecule has 3 heterocycles. The standard InChI is InChI=1S/C19H24N6O3S/c1-10-5-6-14(19(10,2)3)22-15-12(16(20)26)8-21-25-9-11(7-13(15)25)17-23-24-18(28-17)29(4)27/h7-10,14,22H,5-6H2,1-4H3,(H2,20,26). The van der Waals surface area contributed by atoms with Gasteiger partial charge in [-0.15, -0.1) is 5.10 Å². The van der Waals surface area contributed by atoms with Crippen LogP contribution in [0, 0.1) is 11.3 Å². The fraction of sp³-hybridized carbons (Fsp3) is 0.474. The molecule has 1 aliphatic carbocycles. The van der Waals surface area contributed by atoms with E-state index in [1.165, 1.54) is 12.5 Å². The van der Waals surface area contributed by atoms with Crippen molar-refractivity contribution in [3.05, 3.63) is 24.0 Å². The topological polar surface area (TPSA) is 128 Å². The van der Waals surface area contributed by atoms with E-state index in [1.807, 2.05) is 6.07 Å². The number of fused-ring (bicyclic) bond motifs is 1. The van der Waals surface area contributed by atoms with Crippen molar-refractivity contribution in [3.8, 4) is 11.5 Å². The van der Waals surface area contributed by atoms with Gasteiger partial charge in [0, 0.05) is 18.5 Å². The Balaban J connectivity index is 1.80. The van der Waals surface area contributed by atoms with Crippen LogP contribution < -0.4 is 11.1 Å². The van der Waals surface area contributed by atoms with Crippen molar-refractivity contribution >= 4 is 27.9 Å². The maximum absolute atomic E-state index is 12.1. The summed E-state index contributed by atoms with van der Waals surface area (Å²) in [4.78, 5) is 12.1. The van der Waals surface area contributed by atoms with Crippen LogP contribution in [-0.4, -0.2) is 42.2 Å². The summed E-state index contributed by atoms with van der Waals surface area (Å²) in [6, 6.07) is 2.00. The van der Waals surface area contributed by atoms with Crippen molar-refractivity contribution in [2.45, 2.75) is 44.9 Å². The van der Waals surface area contributed by atoms with Crippen LogP contribution in [0.5, 0.6) is 0 Å². The summed E-state index contributed by atoms with van der Waals surface area (Å²) in [7, 11) is -1.37. The van der Waals surface area contributed by atoms with Crippen LogP contribution in [0.25, 0.3) is 17.0 Å². The fourth-order valence-corrected chi connectivity index (χ4v) is 4.24. The van der Waals surface area contributed by atoms with Gasteiger partial charge in [-0.1, -0.05) is 25.9 Å². The van der Waals surface area contributed by atoms with Gasteiger partial charge >= 0.3 is 5.22 Å². The van der Waals surface area contributed by atoms with E-state index in [0.717, 1.165) is 12.8 Å². The molecule has 29 heavy (non-hydrogen) atoms. The lowest BCUT2D eigenvalue weighted by atomic mass is 9.80. The molecule has 10 heteroatoms. The number of primary amides is 1. The number of hydrogen-bond donors (Lipinski definition) is 2. The molecule has 1 aliphatic rings. The van der Waals surface area contributed by atoms with Crippen molar-refractivity contribution in [2.24, 2.45) is 17.1 Å². The molecular weight excluding hydrogens is 392 g/mol. The van der Waals surface area contributed by atoms with Gasteiger partial charge in [0.1, 0.15) is 10.8 Å². The molecule has 3 atom stereocenters. The van der Waals surface area contributed by atoms with E-state index in [1.54, 1.807) is 10.7 Å². The summed E-state index contributed by atoms with van der Waals surface area (Å²) in [5.74, 6) is 0.251. The molecule has 4 rings (SSSR count). The molecule has 154 valence electrons.